The molecule has 92 valence electrons. The number of aryl methyl sites for hydroxylation is 1. The van der Waals surface area contributed by atoms with Crippen molar-refractivity contribution in [1.29, 1.82) is 0 Å². The predicted octanol–water partition coefficient (Wildman–Crippen LogP) is 1.48. The van der Waals surface area contributed by atoms with Crippen LogP contribution >= 0.6 is 0 Å². The second-order valence-corrected chi connectivity index (χ2v) is 3.88. The first-order chi connectivity index (χ1) is 7.88. The van der Waals surface area contributed by atoms with E-state index in [1.54, 1.807) is 33.9 Å². The van der Waals surface area contributed by atoms with Gasteiger partial charge in [-0.05, 0) is 32.4 Å². The fraction of sp³-hybridized carbons (Fsp3) is 0.333. The van der Waals surface area contributed by atoms with Crippen LogP contribution in [0.1, 0.15) is 34.2 Å². The van der Waals surface area contributed by atoms with Gasteiger partial charge in [0, 0.05) is 24.0 Å². The van der Waals surface area contributed by atoms with Crippen molar-refractivity contribution >= 4 is 18.0 Å². The molecule has 0 unspecified atom stereocenters. The zero-order chi connectivity index (χ0) is 13.2. The molecule has 0 aliphatic carbocycles. The van der Waals surface area contributed by atoms with Crippen molar-refractivity contribution < 1.29 is 14.7 Å². The molecular formula is C12H16N2O3. The summed E-state index contributed by atoms with van der Waals surface area (Å²) in [5, 5.41) is 11.5. The van der Waals surface area contributed by atoms with Crippen molar-refractivity contribution in [3.05, 3.63) is 28.1 Å². The molecule has 1 rings (SSSR count). The number of hydrogen-bond donors (Lipinski definition) is 3. The Morgan fingerprint density at radius 2 is 1.94 bits per heavy atom. The molecule has 0 spiro atoms. The van der Waals surface area contributed by atoms with Gasteiger partial charge in [0.15, 0.2) is 0 Å². The number of carbonyl (C=O) groups is 2. The highest BCUT2D eigenvalue weighted by Gasteiger charge is 2.16. The number of carbonyl (C=O) groups excluding carboxylic acids is 1. The number of rotatable bonds is 3. The second-order valence-electron chi connectivity index (χ2n) is 3.88. The van der Waals surface area contributed by atoms with Crippen molar-refractivity contribution in [3.63, 3.8) is 0 Å². The SMILES string of the molecule is CNC(=O)C(C)=Cc1[nH]c(C)c(C(=O)O)c1C. The topological polar surface area (TPSA) is 82.2 Å². The van der Waals surface area contributed by atoms with Crippen molar-refractivity contribution in [3.8, 4) is 0 Å². The fourth-order valence-electron chi connectivity index (χ4n) is 1.72. The number of aromatic carboxylic acids is 1. The maximum absolute atomic E-state index is 11.3. The molecule has 1 aromatic rings. The van der Waals surface area contributed by atoms with E-state index in [0.29, 0.717) is 22.5 Å². The van der Waals surface area contributed by atoms with E-state index in [0.717, 1.165) is 0 Å². The molecule has 1 aromatic heterocycles. The number of aromatic nitrogens is 1. The maximum Gasteiger partial charge on any atom is 0.337 e. The number of carboxylic acids is 1. The Labute approximate surface area is 99.5 Å². The molecule has 0 fully saturated rings. The molecule has 1 amide bonds. The summed E-state index contributed by atoms with van der Waals surface area (Å²) < 4.78 is 0. The highest BCUT2D eigenvalue weighted by molar-refractivity contribution is 5.98. The second kappa shape index (κ2) is 4.86. The monoisotopic (exact) mass is 236 g/mol. The van der Waals surface area contributed by atoms with E-state index in [9.17, 15) is 9.59 Å². The lowest BCUT2D eigenvalue weighted by Gasteiger charge is -1.99. The Morgan fingerprint density at radius 3 is 2.35 bits per heavy atom. The predicted molar refractivity (Wildman–Crippen MR) is 64.9 cm³/mol. The lowest BCUT2D eigenvalue weighted by atomic mass is 10.1. The van der Waals surface area contributed by atoms with Gasteiger partial charge in [-0.2, -0.15) is 0 Å². The van der Waals surface area contributed by atoms with Gasteiger partial charge in [-0.1, -0.05) is 0 Å². The normalized spacial score (nSPS) is 11.4. The quantitative estimate of drug-likeness (QED) is 0.695. The van der Waals surface area contributed by atoms with Gasteiger partial charge in [0.05, 0.1) is 5.56 Å². The molecule has 0 bridgehead atoms. The van der Waals surface area contributed by atoms with Gasteiger partial charge in [-0.25, -0.2) is 4.79 Å². The molecule has 3 N–H and O–H groups in total. The lowest BCUT2D eigenvalue weighted by molar-refractivity contribution is -0.116. The van der Waals surface area contributed by atoms with E-state index in [1.165, 1.54) is 0 Å². The van der Waals surface area contributed by atoms with E-state index >= 15 is 0 Å². The lowest BCUT2D eigenvalue weighted by Crippen LogP contribution is -2.18. The van der Waals surface area contributed by atoms with Crippen LogP contribution in [0.4, 0.5) is 0 Å². The fourth-order valence-corrected chi connectivity index (χ4v) is 1.72. The Hall–Kier alpha value is -2.04. The first-order valence-corrected chi connectivity index (χ1v) is 5.21. The summed E-state index contributed by atoms with van der Waals surface area (Å²) in [5.74, 6) is -1.15. The number of likely N-dealkylation sites (N-methyl/N-ethyl adjacent to an activating group) is 1. The molecular weight excluding hydrogens is 220 g/mol. The van der Waals surface area contributed by atoms with Gasteiger partial charge >= 0.3 is 5.97 Å². The third-order valence-electron chi connectivity index (χ3n) is 2.64. The van der Waals surface area contributed by atoms with Crippen LogP contribution in [0.15, 0.2) is 5.57 Å². The summed E-state index contributed by atoms with van der Waals surface area (Å²) in [4.78, 5) is 25.3. The van der Waals surface area contributed by atoms with Crippen LogP contribution in [0.2, 0.25) is 0 Å². The Bertz CT molecular complexity index is 498. The number of H-pyrrole nitrogens is 1. The van der Waals surface area contributed by atoms with Crippen LogP contribution in [0.3, 0.4) is 0 Å². The summed E-state index contributed by atoms with van der Waals surface area (Å²) in [6.07, 6.45) is 1.65. The third kappa shape index (κ3) is 2.55. The minimum Gasteiger partial charge on any atom is -0.478 e. The molecule has 0 saturated carbocycles. The van der Waals surface area contributed by atoms with Gasteiger partial charge in [0.1, 0.15) is 0 Å². The van der Waals surface area contributed by atoms with Gasteiger partial charge in [0.2, 0.25) is 5.91 Å². The molecule has 5 nitrogen and oxygen atoms in total. The van der Waals surface area contributed by atoms with Crippen LogP contribution in [-0.2, 0) is 4.79 Å². The van der Waals surface area contributed by atoms with Crippen LogP contribution < -0.4 is 5.32 Å². The number of carboxylic acid groups (broad SMARTS) is 1. The van der Waals surface area contributed by atoms with E-state index in [1.807, 2.05) is 0 Å². The molecule has 0 saturated heterocycles. The average molecular weight is 236 g/mol. The van der Waals surface area contributed by atoms with Crippen molar-refractivity contribution in [2.24, 2.45) is 0 Å². The molecule has 0 aromatic carbocycles. The highest BCUT2D eigenvalue weighted by Crippen LogP contribution is 2.20. The zero-order valence-corrected chi connectivity index (χ0v) is 10.3. The third-order valence-corrected chi connectivity index (χ3v) is 2.64. The van der Waals surface area contributed by atoms with E-state index in [-0.39, 0.29) is 11.5 Å². The Morgan fingerprint density at radius 1 is 1.35 bits per heavy atom. The Kier molecular flexibility index (Phi) is 3.73. The zero-order valence-electron chi connectivity index (χ0n) is 10.3. The molecule has 0 aliphatic rings. The summed E-state index contributed by atoms with van der Waals surface area (Å²) in [6.45, 7) is 5.09. The van der Waals surface area contributed by atoms with Crippen LogP contribution in [0.25, 0.3) is 6.08 Å². The number of amides is 1. The maximum atomic E-state index is 11.3. The van der Waals surface area contributed by atoms with Crippen molar-refractivity contribution in [2.75, 3.05) is 7.05 Å². The van der Waals surface area contributed by atoms with Gasteiger partial charge in [0.25, 0.3) is 0 Å². The highest BCUT2D eigenvalue weighted by atomic mass is 16.4. The minimum absolute atomic E-state index is 0.187. The van der Waals surface area contributed by atoms with Crippen LogP contribution in [0.5, 0.6) is 0 Å². The minimum atomic E-state index is -0.964. The number of nitrogens with one attached hydrogen (secondary N) is 2. The summed E-state index contributed by atoms with van der Waals surface area (Å²) >= 11 is 0. The van der Waals surface area contributed by atoms with Gasteiger partial charge < -0.3 is 15.4 Å². The van der Waals surface area contributed by atoms with Gasteiger partial charge in [-0.15, -0.1) is 0 Å². The summed E-state index contributed by atoms with van der Waals surface area (Å²) in [6, 6.07) is 0. The summed E-state index contributed by atoms with van der Waals surface area (Å²) in [5.41, 5.74) is 2.67. The average Bonchev–Trinajstić information content (AvgIpc) is 2.52. The van der Waals surface area contributed by atoms with E-state index in [4.69, 9.17) is 5.11 Å². The van der Waals surface area contributed by atoms with E-state index in [2.05, 4.69) is 10.3 Å². The molecule has 5 heteroatoms. The van der Waals surface area contributed by atoms with Crippen LogP contribution in [-0.4, -0.2) is 29.0 Å². The molecule has 0 radical (unpaired) electrons. The smallest absolute Gasteiger partial charge is 0.337 e. The largest absolute Gasteiger partial charge is 0.478 e. The number of aromatic amines is 1. The molecule has 0 aliphatic heterocycles. The molecule has 1 heterocycles. The number of hydrogen-bond acceptors (Lipinski definition) is 2. The van der Waals surface area contributed by atoms with Gasteiger partial charge in [-0.3, -0.25) is 4.79 Å². The van der Waals surface area contributed by atoms with Crippen molar-refractivity contribution in [1.82, 2.24) is 10.3 Å². The van der Waals surface area contributed by atoms with Crippen LogP contribution in [0, 0.1) is 13.8 Å². The summed E-state index contributed by atoms with van der Waals surface area (Å²) in [7, 11) is 1.55. The van der Waals surface area contributed by atoms with E-state index < -0.39 is 5.97 Å². The molecule has 0 atom stereocenters. The standard InChI is InChI=1S/C12H16N2O3/c1-6(11(15)13-4)5-9-7(2)10(12(16)17)8(3)14-9/h5,14H,1-4H3,(H,13,15)(H,16,17). The molecule has 17 heavy (non-hydrogen) atoms. The first-order valence-electron chi connectivity index (χ1n) is 5.21. The van der Waals surface area contributed by atoms with Crippen molar-refractivity contribution in [2.45, 2.75) is 20.8 Å². The first kappa shape index (κ1) is 13.0. The Balaban J connectivity index is 3.22.